The maximum atomic E-state index is 6.14. The number of aromatic nitrogens is 1. The van der Waals surface area contributed by atoms with Crippen LogP contribution in [0.2, 0.25) is 0 Å². The molecule has 3 fully saturated rings. The molecule has 2 unspecified atom stereocenters. The first-order valence-electron chi connectivity index (χ1n) is 7.61. The van der Waals surface area contributed by atoms with E-state index >= 15 is 0 Å². The number of nitrogen functional groups attached to an aromatic ring is 1. The Morgan fingerprint density at radius 3 is 2.75 bits per heavy atom. The summed E-state index contributed by atoms with van der Waals surface area (Å²) in [4.78, 5) is 9.51. The topological polar surface area (TPSA) is 57.4 Å². The van der Waals surface area contributed by atoms with Crippen LogP contribution in [0.5, 0.6) is 0 Å². The SMILES string of the molecule is CCNC(c1cc(C)cnc1N)C1CN2CCN1CC2. The van der Waals surface area contributed by atoms with Crippen LogP contribution < -0.4 is 11.1 Å². The van der Waals surface area contributed by atoms with Crippen molar-refractivity contribution in [2.24, 2.45) is 0 Å². The summed E-state index contributed by atoms with van der Waals surface area (Å²) >= 11 is 0. The molecule has 3 aliphatic heterocycles. The van der Waals surface area contributed by atoms with Crippen LogP contribution >= 0.6 is 0 Å². The summed E-state index contributed by atoms with van der Waals surface area (Å²) < 4.78 is 0. The van der Waals surface area contributed by atoms with Gasteiger partial charge in [-0.05, 0) is 25.1 Å². The van der Waals surface area contributed by atoms with E-state index in [0.717, 1.165) is 18.7 Å². The van der Waals surface area contributed by atoms with Gasteiger partial charge in [-0.2, -0.15) is 0 Å². The minimum atomic E-state index is 0.274. The normalized spacial score (nSPS) is 30.4. The summed E-state index contributed by atoms with van der Waals surface area (Å²) in [6.45, 7) is 11.1. The van der Waals surface area contributed by atoms with E-state index in [9.17, 15) is 0 Å². The molecule has 4 heterocycles. The van der Waals surface area contributed by atoms with Crippen LogP contribution in [0.25, 0.3) is 0 Å². The zero-order chi connectivity index (χ0) is 14.1. The van der Waals surface area contributed by atoms with E-state index in [1.165, 1.54) is 31.7 Å². The Morgan fingerprint density at radius 2 is 2.15 bits per heavy atom. The molecular formula is C15H25N5. The van der Waals surface area contributed by atoms with Crippen LogP contribution in [-0.2, 0) is 0 Å². The van der Waals surface area contributed by atoms with Crippen LogP contribution in [0.3, 0.4) is 0 Å². The van der Waals surface area contributed by atoms with E-state index in [1.807, 2.05) is 6.20 Å². The fourth-order valence-electron chi connectivity index (χ4n) is 3.50. The monoisotopic (exact) mass is 275 g/mol. The van der Waals surface area contributed by atoms with Crippen molar-refractivity contribution >= 4 is 5.82 Å². The Morgan fingerprint density at radius 1 is 1.40 bits per heavy atom. The fraction of sp³-hybridized carbons (Fsp3) is 0.667. The summed E-state index contributed by atoms with van der Waals surface area (Å²) in [6, 6.07) is 2.97. The molecule has 0 aromatic carbocycles. The Bertz CT molecular complexity index is 467. The first-order chi connectivity index (χ1) is 9.69. The number of nitrogens with one attached hydrogen (secondary N) is 1. The zero-order valence-electron chi connectivity index (χ0n) is 12.5. The second-order valence-corrected chi connectivity index (χ2v) is 5.93. The summed E-state index contributed by atoms with van der Waals surface area (Å²) in [5, 5.41) is 3.63. The van der Waals surface area contributed by atoms with Crippen molar-refractivity contribution in [2.75, 3.05) is 45.0 Å². The van der Waals surface area contributed by atoms with Crippen molar-refractivity contribution in [1.82, 2.24) is 20.1 Å². The molecule has 0 radical (unpaired) electrons. The van der Waals surface area contributed by atoms with Gasteiger partial charge in [0.25, 0.3) is 0 Å². The predicted octanol–water partition coefficient (Wildman–Crippen LogP) is 0.623. The highest BCUT2D eigenvalue weighted by Gasteiger charge is 2.37. The minimum absolute atomic E-state index is 0.274. The number of nitrogens with zero attached hydrogens (tertiary/aromatic N) is 3. The van der Waals surface area contributed by atoms with Gasteiger partial charge in [-0.15, -0.1) is 0 Å². The van der Waals surface area contributed by atoms with Gasteiger partial charge >= 0.3 is 0 Å². The molecular weight excluding hydrogens is 250 g/mol. The third-order valence-corrected chi connectivity index (χ3v) is 4.55. The van der Waals surface area contributed by atoms with Gasteiger partial charge in [0.1, 0.15) is 5.82 Å². The molecule has 3 N–H and O–H groups in total. The second kappa shape index (κ2) is 5.68. The molecule has 20 heavy (non-hydrogen) atoms. The van der Waals surface area contributed by atoms with Crippen molar-refractivity contribution < 1.29 is 0 Å². The molecule has 3 saturated heterocycles. The van der Waals surface area contributed by atoms with E-state index in [1.54, 1.807) is 0 Å². The lowest BCUT2D eigenvalue weighted by Gasteiger charge is -2.50. The Kier molecular flexibility index (Phi) is 3.92. The average molecular weight is 275 g/mol. The van der Waals surface area contributed by atoms with Crippen molar-refractivity contribution in [2.45, 2.75) is 25.9 Å². The van der Waals surface area contributed by atoms with Crippen molar-refractivity contribution in [1.29, 1.82) is 0 Å². The molecule has 2 bridgehead atoms. The number of pyridine rings is 1. The van der Waals surface area contributed by atoms with E-state index in [0.29, 0.717) is 11.9 Å². The maximum Gasteiger partial charge on any atom is 0.128 e. The number of anilines is 1. The summed E-state index contributed by atoms with van der Waals surface area (Å²) in [5.41, 5.74) is 8.47. The van der Waals surface area contributed by atoms with Crippen LogP contribution in [-0.4, -0.2) is 60.1 Å². The first kappa shape index (κ1) is 13.8. The van der Waals surface area contributed by atoms with Gasteiger partial charge in [0.2, 0.25) is 0 Å². The highest BCUT2D eigenvalue weighted by atomic mass is 15.4. The van der Waals surface area contributed by atoms with Gasteiger partial charge < -0.3 is 11.1 Å². The third-order valence-electron chi connectivity index (χ3n) is 4.55. The molecule has 110 valence electrons. The fourth-order valence-corrected chi connectivity index (χ4v) is 3.50. The van der Waals surface area contributed by atoms with Gasteiger partial charge in [-0.1, -0.05) is 6.92 Å². The number of fused-ring (bicyclic) bond motifs is 3. The lowest BCUT2D eigenvalue weighted by atomic mass is 9.93. The Labute approximate surface area is 121 Å². The van der Waals surface area contributed by atoms with E-state index in [-0.39, 0.29) is 6.04 Å². The highest BCUT2D eigenvalue weighted by Crippen LogP contribution is 2.30. The average Bonchev–Trinajstić information content (AvgIpc) is 2.49. The lowest BCUT2D eigenvalue weighted by Crippen LogP contribution is -2.64. The van der Waals surface area contributed by atoms with Crippen LogP contribution in [0.1, 0.15) is 24.1 Å². The van der Waals surface area contributed by atoms with Gasteiger partial charge in [-0.25, -0.2) is 4.98 Å². The molecule has 3 aliphatic rings. The van der Waals surface area contributed by atoms with Gasteiger partial charge in [0.15, 0.2) is 0 Å². The number of hydrogen-bond acceptors (Lipinski definition) is 5. The molecule has 0 aliphatic carbocycles. The summed E-state index contributed by atoms with van der Waals surface area (Å²) in [6.07, 6.45) is 1.85. The van der Waals surface area contributed by atoms with Gasteiger partial charge in [0, 0.05) is 50.5 Å². The van der Waals surface area contributed by atoms with Crippen LogP contribution in [0.4, 0.5) is 5.82 Å². The smallest absolute Gasteiger partial charge is 0.128 e. The Balaban J connectivity index is 1.90. The van der Waals surface area contributed by atoms with Crippen molar-refractivity contribution in [3.8, 4) is 0 Å². The molecule has 0 amide bonds. The molecule has 4 rings (SSSR count). The molecule has 1 aromatic heterocycles. The van der Waals surface area contributed by atoms with E-state index < -0.39 is 0 Å². The van der Waals surface area contributed by atoms with Crippen molar-refractivity contribution in [3.05, 3.63) is 23.4 Å². The zero-order valence-corrected chi connectivity index (χ0v) is 12.5. The summed E-state index contributed by atoms with van der Waals surface area (Å²) in [7, 11) is 0. The molecule has 2 atom stereocenters. The molecule has 0 saturated carbocycles. The largest absolute Gasteiger partial charge is 0.383 e. The predicted molar refractivity (Wildman–Crippen MR) is 81.6 cm³/mol. The molecule has 5 heteroatoms. The van der Waals surface area contributed by atoms with Crippen LogP contribution in [0, 0.1) is 6.92 Å². The number of piperazine rings is 3. The maximum absolute atomic E-state index is 6.14. The molecule has 5 nitrogen and oxygen atoms in total. The Hall–Kier alpha value is -1.17. The number of nitrogens with two attached hydrogens (primary N) is 1. The summed E-state index contributed by atoms with van der Waals surface area (Å²) in [5.74, 6) is 0.666. The van der Waals surface area contributed by atoms with E-state index in [4.69, 9.17) is 5.73 Å². The van der Waals surface area contributed by atoms with Gasteiger partial charge in [-0.3, -0.25) is 9.80 Å². The van der Waals surface area contributed by atoms with Crippen molar-refractivity contribution in [3.63, 3.8) is 0 Å². The van der Waals surface area contributed by atoms with Gasteiger partial charge in [0.05, 0.1) is 6.04 Å². The minimum Gasteiger partial charge on any atom is -0.383 e. The number of hydrogen-bond donors (Lipinski definition) is 2. The number of aryl methyl sites for hydroxylation is 1. The third kappa shape index (κ3) is 2.53. The van der Waals surface area contributed by atoms with E-state index in [2.05, 4.69) is 40.0 Å². The number of likely N-dealkylation sites (N-methyl/N-ethyl adjacent to an activating group) is 1. The highest BCUT2D eigenvalue weighted by molar-refractivity contribution is 5.44. The van der Waals surface area contributed by atoms with Crippen LogP contribution in [0.15, 0.2) is 12.3 Å². The lowest BCUT2D eigenvalue weighted by molar-refractivity contribution is -0.00336. The first-order valence-corrected chi connectivity index (χ1v) is 7.61. The molecule has 1 aromatic rings. The standard InChI is InChI=1S/C15H25N5/c1-3-17-14(12-8-11(2)9-18-15(12)16)13-10-19-4-6-20(13)7-5-19/h8-9,13-14,17H,3-7,10H2,1-2H3,(H2,16,18). The molecule has 0 spiro atoms. The quantitative estimate of drug-likeness (QED) is 0.844. The number of rotatable bonds is 4. The second-order valence-electron chi connectivity index (χ2n) is 5.93.